The molecule has 1 amide bonds. The maximum absolute atomic E-state index is 12.9. The van der Waals surface area contributed by atoms with Gasteiger partial charge in [-0.1, -0.05) is 80.9 Å². The van der Waals surface area contributed by atoms with Crippen molar-refractivity contribution in [2.75, 3.05) is 13.2 Å². The highest BCUT2D eigenvalue weighted by atomic mass is 16.6. The number of rotatable bonds is 12. The molecular formula is C31H33NO7. The van der Waals surface area contributed by atoms with Gasteiger partial charge < -0.3 is 24.6 Å². The number of hydrogen-bond acceptors (Lipinski definition) is 6. The summed E-state index contributed by atoms with van der Waals surface area (Å²) in [6.45, 7) is 4.06. The van der Waals surface area contributed by atoms with Crippen LogP contribution < -0.4 is 10.1 Å². The third-order valence-corrected chi connectivity index (χ3v) is 6.97. The molecule has 3 aromatic rings. The Balaban J connectivity index is 1.32. The standard InChI is InChI=1S/C31H33NO7/c1-3-20(2)29(30(35)38-18-21-12-14-22(15-13-21)37-17-16-28(33)34)32-31(36)39-19-27-25-10-6-4-8-23(25)24-9-5-7-11-26(24)27/h4-15,20,27,29H,3,16-19H2,1-2H3,(H,32,36)(H,33,34). The fourth-order valence-corrected chi connectivity index (χ4v) is 4.62. The highest BCUT2D eigenvalue weighted by Gasteiger charge is 2.31. The molecule has 0 radical (unpaired) electrons. The molecule has 0 bridgehead atoms. The van der Waals surface area contributed by atoms with Crippen molar-refractivity contribution in [1.29, 1.82) is 0 Å². The number of carbonyl (C=O) groups excluding carboxylic acids is 2. The van der Waals surface area contributed by atoms with E-state index < -0.39 is 24.1 Å². The van der Waals surface area contributed by atoms with Gasteiger partial charge >= 0.3 is 18.0 Å². The zero-order valence-corrected chi connectivity index (χ0v) is 22.1. The highest BCUT2D eigenvalue weighted by molar-refractivity contribution is 5.82. The third kappa shape index (κ3) is 6.96. The van der Waals surface area contributed by atoms with Gasteiger partial charge in [-0.05, 0) is 45.9 Å². The molecule has 0 saturated carbocycles. The molecule has 39 heavy (non-hydrogen) atoms. The molecule has 0 fully saturated rings. The van der Waals surface area contributed by atoms with Gasteiger partial charge in [0.15, 0.2) is 0 Å². The summed E-state index contributed by atoms with van der Waals surface area (Å²) in [5.74, 6) is -1.18. The number of alkyl carbamates (subject to hydrolysis) is 1. The number of aliphatic carboxylic acids is 1. The summed E-state index contributed by atoms with van der Waals surface area (Å²) in [6.07, 6.45) is -0.0965. The number of ether oxygens (including phenoxy) is 3. The number of fused-ring (bicyclic) bond motifs is 3. The van der Waals surface area contributed by atoms with Gasteiger partial charge in [-0.3, -0.25) is 4.79 Å². The first-order valence-electron chi connectivity index (χ1n) is 13.1. The van der Waals surface area contributed by atoms with Crippen LogP contribution in [0.3, 0.4) is 0 Å². The lowest BCUT2D eigenvalue weighted by Gasteiger charge is -2.23. The van der Waals surface area contributed by atoms with E-state index in [0.717, 1.165) is 27.8 Å². The summed E-state index contributed by atoms with van der Waals surface area (Å²) in [7, 11) is 0. The van der Waals surface area contributed by atoms with Gasteiger partial charge in [-0.2, -0.15) is 0 Å². The molecule has 2 N–H and O–H groups in total. The minimum Gasteiger partial charge on any atom is -0.493 e. The second kappa shape index (κ2) is 13.0. The Labute approximate surface area is 227 Å². The van der Waals surface area contributed by atoms with Gasteiger partial charge in [0.25, 0.3) is 0 Å². The first kappa shape index (κ1) is 27.7. The van der Waals surface area contributed by atoms with Crippen LogP contribution in [-0.2, 0) is 25.7 Å². The predicted octanol–water partition coefficient (Wildman–Crippen LogP) is 5.54. The van der Waals surface area contributed by atoms with Crippen LogP contribution in [0.1, 0.15) is 49.3 Å². The molecular weight excluding hydrogens is 498 g/mol. The number of amides is 1. The Hall–Kier alpha value is -4.33. The first-order valence-corrected chi connectivity index (χ1v) is 13.1. The van der Waals surface area contributed by atoms with Crippen LogP contribution in [0.25, 0.3) is 11.1 Å². The van der Waals surface area contributed by atoms with Crippen LogP contribution in [0.2, 0.25) is 0 Å². The highest BCUT2D eigenvalue weighted by Crippen LogP contribution is 2.44. The first-order chi connectivity index (χ1) is 18.9. The molecule has 0 aromatic heterocycles. The van der Waals surface area contributed by atoms with Crippen LogP contribution >= 0.6 is 0 Å². The summed E-state index contributed by atoms with van der Waals surface area (Å²) in [4.78, 5) is 36.4. The van der Waals surface area contributed by atoms with Crippen LogP contribution in [0.4, 0.5) is 4.79 Å². The molecule has 8 heteroatoms. The average molecular weight is 532 g/mol. The molecule has 1 aliphatic carbocycles. The van der Waals surface area contributed by atoms with Gasteiger partial charge in [0.2, 0.25) is 0 Å². The van der Waals surface area contributed by atoms with E-state index in [0.29, 0.717) is 12.2 Å². The molecule has 3 aromatic carbocycles. The van der Waals surface area contributed by atoms with Crippen molar-refractivity contribution in [1.82, 2.24) is 5.32 Å². The Kier molecular flexibility index (Phi) is 9.20. The van der Waals surface area contributed by atoms with Crippen LogP contribution in [0.15, 0.2) is 72.8 Å². The van der Waals surface area contributed by atoms with Gasteiger partial charge in [0, 0.05) is 5.92 Å². The second-order valence-electron chi connectivity index (χ2n) is 9.58. The van der Waals surface area contributed by atoms with E-state index in [2.05, 4.69) is 29.6 Å². The smallest absolute Gasteiger partial charge is 0.407 e. The van der Waals surface area contributed by atoms with Gasteiger partial charge in [-0.15, -0.1) is 0 Å². The van der Waals surface area contributed by atoms with Crippen molar-refractivity contribution in [3.05, 3.63) is 89.5 Å². The molecule has 0 saturated heterocycles. The molecule has 204 valence electrons. The van der Waals surface area contributed by atoms with Crippen molar-refractivity contribution >= 4 is 18.0 Å². The summed E-state index contributed by atoms with van der Waals surface area (Å²) < 4.78 is 16.5. The molecule has 8 nitrogen and oxygen atoms in total. The molecule has 1 aliphatic rings. The molecule has 0 spiro atoms. The Morgan fingerprint density at radius 2 is 1.51 bits per heavy atom. The zero-order valence-electron chi connectivity index (χ0n) is 22.1. The minimum absolute atomic E-state index is 0.0214. The van der Waals surface area contributed by atoms with Crippen LogP contribution in [0.5, 0.6) is 5.75 Å². The Morgan fingerprint density at radius 3 is 2.10 bits per heavy atom. The van der Waals surface area contributed by atoms with Crippen molar-refractivity contribution in [3.8, 4) is 16.9 Å². The fraction of sp³-hybridized carbons (Fsp3) is 0.323. The summed E-state index contributed by atoms with van der Waals surface area (Å²) in [5.41, 5.74) is 5.24. The van der Waals surface area contributed by atoms with Crippen LogP contribution in [0, 0.1) is 5.92 Å². The molecule has 0 heterocycles. The number of nitrogens with one attached hydrogen (secondary N) is 1. The summed E-state index contributed by atoms with van der Waals surface area (Å²) in [5, 5.41) is 11.4. The predicted molar refractivity (Wildman–Crippen MR) is 145 cm³/mol. The summed E-state index contributed by atoms with van der Waals surface area (Å²) in [6, 6.07) is 22.2. The third-order valence-electron chi connectivity index (χ3n) is 6.97. The van der Waals surface area contributed by atoms with E-state index in [9.17, 15) is 14.4 Å². The van der Waals surface area contributed by atoms with Crippen molar-refractivity contribution < 1.29 is 33.7 Å². The van der Waals surface area contributed by atoms with E-state index >= 15 is 0 Å². The minimum atomic E-state index is -0.930. The number of hydrogen-bond donors (Lipinski definition) is 2. The van der Waals surface area contributed by atoms with Crippen molar-refractivity contribution in [3.63, 3.8) is 0 Å². The lowest BCUT2D eigenvalue weighted by Crippen LogP contribution is -2.46. The monoisotopic (exact) mass is 531 g/mol. The average Bonchev–Trinajstić information content (AvgIpc) is 3.27. The van der Waals surface area contributed by atoms with Crippen molar-refractivity contribution in [2.24, 2.45) is 5.92 Å². The van der Waals surface area contributed by atoms with Crippen LogP contribution in [-0.4, -0.2) is 42.4 Å². The molecule has 2 atom stereocenters. The van der Waals surface area contributed by atoms with Crippen molar-refractivity contribution in [2.45, 2.75) is 45.3 Å². The van der Waals surface area contributed by atoms with Gasteiger partial charge in [-0.25, -0.2) is 9.59 Å². The Morgan fingerprint density at radius 1 is 0.897 bits per heavy atom. The van der Waals surface area contributed by atoms with Gasteiger partial charge in [0.1, 0.15) is 25.0 Å². The number of esters is 1. The van der Waals surface area contributed by atoms with E-state index in [1.54, 1.807) is 24.3 Å². The molecule has 4 rings (SSSR count). The lowest BCUT2D eigenvalue weighted by atomic mass is 9.98. The summed E-state index contributed by atoms with van der Waals surface area (Å²) >= 11 is 0. The Bertz CT molecular complexity index is 1260. The van der Waals surface area contributed by atoms with E-state index in [-0.39, 0.29) is 38.1 Å². The maximum atomic E-state index is 12.9. The SMILES string of the molecule is CCC(C)C(NC(=O)OCC1c2ccccc2-c2ccccc21)C(=O)OCc1ccc(OCCC(=O)O)cc1. The number of carboxylic acid groups (broad SMARTS) is 1. The number of benzene rings is 3. The molecule has 2 unspecified atom stereocenters. The topological polar surface area (TPSA) is 111 Å². The van der Waals surface area contributed by atoms with Gasteiger partial charge in [0.05, 0.1) is 13.0 Å². The number of carboxylic acids is 1. The zero-order chi connectivity index (χ0) is 27.8. The number of carbonyl (C=O) groups is 3. The normalized spacial score (nSPS) is 13.5. The maximum Gasteiger partial charge on any atom is 0.407 e. The lowest BCUT2D eigenvalue weighted by molar-refractivity contribution is -0.148. The van der Waals surface area contributed by atoms with E-state index in [4.69, 9.17) is 19.3 Å². The fourth-order valence-electron chi connectivity index (χ4n) is 4.62. The van der Waals surface area contributed by atoms with E-state index in [1.165, 1.54) is 0 Å². The quantitative estimate of drug-likeness (QED) is 0.295. The van der Waals surface area contributed by atoms with E-state index in [1.807, 2.05) is 38.1 Å². The molecule has 0 aliphatic heterocycles. The second-order valence-corrected chi connectivity index (χ2v) is 9.58. The largest absolute Gasteiger partial charge is 0.493 e.